The summed E-state index contributed by atoms with van der Waals surface area (Å²) in [7, 11) is 0. The zero-order valence-corrected chi connectivity index (χ0v) is 17.6. The van der Waals surface area contributed by atoms with Gasteiger partial charge in [-0.2, -0.15) is 0 Å². The Balaban J connectivity index is 1.97. The van der Waals surface area contributed by atoms with Crippen LogP contribution in [0.25, 0.3) is 6.08 Å². The highest BCUT2D eigenvalue weighted by molar-refractivity contribution is 6.13. The van der Waals surface area contributed by atoms with E-state index in [1.54, 1.807) is 6.26 Å². The van der Waals surface area contributed by atoms with Crippen molar-refractivity contribution in [3.05, 3.63) is 102 Å². The van der Waals surface area contributed by atoms with Gasteiger partial charge in [-0.3, -0.25) is 4.99 Å². The molecule has 0 radical (unpaired) electrons. The summed E-state index contributed by atoms with van der Waals surface area (Å²) in [6.07, 6.45) is 5.76. The molecule has 0 amide bonds. The van der Waals surface area contributed by atoms with Gasteiger partial charge in [-0.1, -0.05) is 66.7 Å². The molecule has 30 heavy (non-hydrogen) atoms. The van der Waals surface area contributed by atoms with Crippen molar-refractivity contribution in [3.63, 3.8) is 0 Å². The predicted molar refractivity (Wildman–Crippen MR) is 121 cm³/mol. The maximum Gasteiger partial charge on any atom is 0.331 e. The van der Waals surface area contributed by atoms with Crippen molar-refractivity contribution in [2.75, 3.05) is 0 Å². The van der Waals surface area contributed by atoms with E-state index in [-0.39, 0.29) is 5.97 Å². The molecule has 4 nitrogen and oxygen atoms in total. The van der Waals surface area contributed by atoms with Crippen LogP contribution >= 0.6 is 0 Å². The molecule has 154 valence electrons. The number of esters is 1. The van der Waals surface area contributed by atoms with Crippen molar-refractivity contribution in [2.45, 2.75) is 38.8 Å². The fourth-order valence-electron chi connectivity index (χ4n) is 2.93. The van der Waals surface area contributed by atoms with Crippen LogP contribution < -0.4 is 0 Å². The van der Waals surface area contributed by atoms with E-state index in [4.69, 9.17) is 14.1 Å². The Labute approximate surface area is 177 Å². The van der Waals surface area contributed by atoms with Gasteiger partial charge in [0.05, 0.1) is 12.0 Å². The van der Waals surface area contributed by atoms with E-state index in [1.807, 2.05) is 106 Å². The van der Waals surface area contributed by atoms with E-state index in [0.717, 1.165) is 22.6 Å². The van der Waals surface area contributed by atoms with E-state index < -0.39 is 11.6 Å². The number of aliphatic imine (C=N–C) groups is 1. The lowest BCUT2D eigenvalue weighted by atomic mass is 10.0. The zero-order valence-electron chi connectivity index (χ0n) is 17.6. The van der Waals surface area contributed by atoms with Gasteiger partial charge in [0.15, 0.2) is 6.04 Å². The molecule has 0 fully saturated rings. The maximum absolute atomic E-state index is 13.0. The van der Waals surface area contributed by atoms with Gasteiger partial charge in [0.2, 0.25) is 0 Å². The van der Waals surface area contributed by atoms with Crippen LogP contribution in [0.4, 0.5) is 0 Å². The lowest BCUT2D eigenvalue weighted by molar-refractivity contribution is -0.156. The van der Waals surface area contributed by atoms with Crippen molar-refractivity contribution in [2.24, 2.45) is 4.99 Å². The summed E-state index contributed by atoms with van der Waals surface area (Å²) in [6.45, 7) is 5.58. The van der Waals surface area contributed by atoms with Gasteiger partial charge in [0.1, 0.15) is 11.4 Å². The van der Waals surface area contributed by atoms with Crippen molar-refractivity contribution >= 4 is 17.8 Å². The minimum Gasteiger partial charge on any atom is -0.465 e. The minimum atomic E-state index is -0.675. The van der Waals surface area contributed by atoms with Gasteiger partial charge in [-0.05, 0) is 45.4 Å². The van der Waals surface area contributed by atoms with Crippen molar-refractivity contribution in [1.82, 2.24) is 0 Å². The van der Waals surface area contributed by atoms with Crippen LogP contribution in [0.15, 0.2) is 94.5 Å². The lowest BCUT2D eigenvalue weighted by Gasteiger charge is -2.22. The lowest BCUT2D eigenvalue weighted by Crippen LogP contribution is -2.31. The molecule has 3 aromatic rings. The fraction of sp³-hybridized carbons (Fsp3) is 0.231. The van der Waals surface area contributed by atoms with Crippen LogP contribution in [-0.2, 0) is 9.53 Å². The topological polar surface area (TPSA) is 51.8 Å². The third-order valence-electron chi connectivity index (χ3n) is 4.24. The van der Waals surface area contributed by atoms with Crippen molar-refractivity contribution in [3.8, 4) is 0 Å². The average Bonchev–Trinajstić information content (AvgIpc) is 3.24. The highest BCUT2D eigenvalue weighted by Crippen LogP contribution is 2.17. The van der Waals surface area contributed by atoms with Gasteiger partial charge in [0.25, 0.3) is 0 Å². The molecule has 0 bridgehead atoms. The number of ether oxygens (including phenoxy) is 1. The van der Waals surface area contributed by atoms with Crippen LogP contribution in [0.5, 0.6) is 0 Å². The normalized spacial score (nSPS) is 12.5. The molecule has 1 atom stereocenters. The monoisotopic (exact) mass is 401 g/mol. The Morgan fingerprint density at radius 3 is 2.07 bits per heavy atom. The summed E-state index contributed by atoms with van der Waals surface area (Å²) in [5.74, 6) is 0.379. The first kappa shape index (κ1) is 21.3. The third kappa shape index (κ3) is 6.31. The van der Waals surface area contributed by atoms with Gasteiger partial charge >= 0.3 is 5.97 Å². The number of nitrogens with zero attached hydrogens (tertiary/aromatic N) is 1. The van der Waals surface area contributed by atoms with Crippen LogP contribution in [0.1, 0.15) is 44.1 Å². The molecule has 1 heterocycles. The number of carbonyl (C=O) groups excluding carboxylic acids is 1. The molecule has 4 heteroatoms. The Morgan fingerprint density at radius 1 is 0.967 bits per heavy atom. The van der Waals surface area contributed by atoms with Gasteiger partial charge in [-0.15, -0.1) is 0 Å². The van der Waals surface area contributed by atoms with Crippen LogP contribution in [0.3, 0.4) is 0 Å². The summed E-state index contributed by atoms with van der Waals surface area (Å²) in [5, 5.41) is 0. The predicted octanol–water partition coefficient (Wildman–Crippen LogP) is 5.93. The van der Waals surface area contributed by atoms with E-state index in [2.05, 4.69) is 0 Å². The molecule has 1 aromatic heterocycles. The fourth-order valence-corrected chi connectivity index (χ4v) is 2.93. The Bertz CT molecular complexity index is 940. The number of furan rings is 1. The number of hydrogen-bond donors (Lipinski definition) is 0. The van der Waals surface area contributed by atoms with Gasteiger partial charge < -0.3 is 9.15 Å². The second-order valence-corrected chi connectivity index (χ2v) is 7.91. The maximum atomic E-state index is 13.0. The minimum absolute atomic E-state index is 0.351. The number of benzene rings is 2. The van der Waals surface area contributed by atoms with E-state index >= 15 is 0 Å². The molecule has 3 rings (SSSR count). The number of hydrogen-bond acceptors (Lipinski definition) is 4. The molecule has 0 saturated carbocycles. The molecule has 0 aliphatic rings. The summed E-state index contributed by atoms with van der Waals surface area (Å²) in [6, 6.07) is 22.8. The largest absolute Gasteiger partial charge is 0.465 e. The summed E-state index contributed by atoms with van der Waals surface area (Å²) in [5.41, 5.74) is 2.08. The van der Waals surface area contributed by atoms with E-state index in [0.29, 0.717) is 6.42 Å². The van der Waals surface area contributed by atoms with Crippen molar-refractivity contribution in [1.29, 1.82) is 0 Å². The molecule has 2 aromatic carbocycles. The Hall–Kier alpha value is -3.40. The molecule has 0 aliphatic heterocycles. The molecule has 0 aliphatic carbocycles. The van der Waals surface area contributed by atoms with E-state index in [9.17, 15) is 4.79 Å². The zero-order chi connectivity index (χ0) is 21.4. The third-order valence-corrected chi connectivity index (χ3v) is 4.24. The average molecular weight is 402 g/mol. The SMILES string of the molecule is CC(C)(C)OC(=O)[C@H](C/C=C/c1ccco1)N=C(c1ccccc1)c1ccccc1. The van der Waals surface area contributed by atoms with Crippen LogP contribution in [-0.4, -0.2) is 23.3 Å². The summed E-state index contributed by atoms with van der Waals surface area (Å²) < 4.78 is 11.0. The highest BCUT2D eigenvalue weighted by atomic mass is 16.6. The van der Waals surface area contributed by atoms with Crippen LogP contribution in [0.2, 0.25) is 0 Å². The summed E-state index contributed by atoms with van der Waals surface area (Å²) >= 11 is 0. The molecular weight excluding hydrogens is 374 g/mol. The first-order valence-electron chi connectivity index (χ1n) is 10.0. The molecule has 0 N–H and O–H groups in total. The Morgan fingerprint density at radius 2 is 1.57 bits per heavy atom. The number of carbonyl (C=O) groups is 1. The van der Waals surface area contributed by atoms with Crippen molar-refractivity contribution < 1.29 is 13.9 Å². The first-order valence-corrected chi connectivity index (χ1v) is 10.0. The smallest absolute Gasteiger partial charge is 0.331 e. The second kappa shape index (κ2) is 9.88. The van der Waals surface area contributed by atoms with Gasteiger partial charge in [0, 0.05) is 11.1 Å². The molecule has 0 saturated heterocycles. The summed E-state index contributed by atoms with van der Waals surface area (Å²) in [4.78, 5) is 17.8. The quantitative estimate of drug-likeness (QED) is 0.364. The molecular formula is C26H27NO3. The van der Waals surface area contributed by atoms with E-state index in [1.165, 1.54) is 0 Å². The Kier molecular flexibility index (Phi) is 7.02. The standard InChI is InChI=1S/C26H27NO3/c1-26(2,3)30-25(28)23(18-10-16-22-17-11-19-29-22)27-24(20-12-6-4-7-13-20)21-14-8-5-9-15-21/h4-17,19,23H,18H2,1-3H3/b16-10+/t23-/m0/s1. The van der Waals surface area contributed by atoms with Crippen LogP contribution in [0, 0.1) is 0 Å². The second-order valence-electron chi connectivity index (χ2n) is 7.91. The first-order chi connectivity index (χ1) is 14.4. The number of rotatable bonds is 7. The highest BCUT2D eigenvalue weighted by Gasteiger charge is 2.25. The van der Waals surface area contributed by atoms with Gasteiger partial charge in [-0.25, -0.2) is 4.79 Å². The molecule has 0 unspecified atom stereocenters. The molecule has 0 spiro atoms.